The predicted octanol–water partition coefficient (Wildman–Crippen LogP) is 0.793. The highest BCUT2D eigenvalue weighted by atomic mass is 19.3. The zero-order chi connectivity index (χ0) is 23.4. The summed E-state index contributed by atoms with van der Waals surface area (Å²) >= 11 is 0. The Bertz CT molecular complexity index is 1250. The van der Waals surface area contributed by atoms with Gasteiger partial charge in [0.05, 0.1) is 13.4 Å². The van der Waals surface area contributed by atoms with Crippen molar-refractivity contribution in [3.05, 3.63) is 50.9 Å². The third-order valence-electron chi connectivity index (χ3n) is 4.98. The van der Waals surface area contributed by atoms with E-state index in [4.69, 9.17) is 4.74 Å². The molecule has 3 rings (SSSR count). The second-order valence-electron chi connectivity index (χ2n) is 7.03. The van der Waals surface area contributed by atoms with Crippen LogP contribution in [0.5, 0.6) is 11.5 Å². The Morgan fingerprint density at radius 3 is 2.62 bits per heavy atom. The molecule has 0 bridgehead atoms. The summed E-state index contributed by atoms with van der Waals surface area (Å²) in [5, 5.41) is 2.77. The summed E-state index contributed by atoms with van der Waals surface area (Å²) in [5.41, 5.74) is 0.325. The van der Waals surface area contributed by atoms with E-state index in [9.17, 15) is 23.2 Å². The average molecular weight is 451 g/mol. The first-order valence-corrected chi connectivity index (χ1v) is 9.72. The second-order valence-corrected chi connectivity index (χ2v) is 7.03. The molecule has 3 aromatic rings. The minimum Gasteiger partial charge on any atom is -0.493 e. The number of methoxy groups -OCH3 is 1. The van der Waals surface area contributed by atoms with Gasteiger partial charge in [-0.3, -0.25) is 18.7 Å². The van der Waals surface area contributed by atoms with Gasteiger partial charge in [-0.05, 0) is 24.1 Å². The molecule has 10 nitrogen and oxygen atoms in total. The number of rotatable bonds is 9. The SMILES string of the molecule is COc1cc(CCNC(=O)CCn2cnc3c2c(=O)n(C)c(=O)n3C)ccc1OC(F)F. The number of hydrogen-bond acceptors (Lipinski definition) is 6. The summed E-state index contributed by atoms with van der Waals surface area (Å²) in [6.45, 7) is -2.42. The first-order valence-electron chi connectivity index (χ1n) is 9.72. The lowest BCUT2D eigenvalue weighted by atomic mass is 10.1. The molecule has 32 heavy (non-hydrogen) atoms. The predicted molar refractivity (Wildman–Crippen MR) is 111 cm³/mol. The molecule has 0 aliphatic carbocycles. The number of fused-ring (bicyclic) bond motifs is 1. The summed E-state index contributed by atoms with van der Waals surface area (Å²) in [6, 6.07) is 4.58. The number of amides is 1. The molecule has 0 saturated carbocycles. The standard InChI is InChI=1S/C20H23F2N5O5/c1-25-17-16(18(29)26(2)20(25)30)27(11-24-17)9-7-15(28)23-8-6-12-4-5-13(32-19(21)22)14(10-12)31-3/h4-5,10-11,19H,6-9H2,1-3H3,(H,23,28). The summed E-state index contributed by atoms with van der Waals surface area (Å²) < 4.78 is 38.1. The lowest BCUT2D eigenvalue weighted by Gasteiger charge is -2.12. The molecule has 0 saturated heterocycles. The highest BCUT2D eigenvalue weighted by molar-refractivity contribution is 5.76. The third-order valence-corrected chi connectivity index (χ3v) is 4.98. The van der Waals surface area contributed by atoms with Gasteiger partial charge in [-0.1, -0.05) is 6.07 Å². The number of halogens is 2. The molecule has 1 N–H and O–H groups in total. The molecule has 0 radical (unpaired) electrons. The van der Waals surface area contributed by atoms with Gasteiger partial charge in [-0.15, -0.1) is 0 Å². The number of carbonyl (C=O) groups excluding carboxylic acids is 1. The summed E-state index contributed by atoms with van der Waals surface area (Å²) in [7, 11) is 4.26. The smallest absolute Gasteiger partial charge is 0.387 e. The van der Waals surface area contributed by atoms with Crippen LogP contribution in [0, 0.1) is 0 Å². The molecule has 0 atom stereocenters. The minimum absolute atomic E-state index is 0.0634. The lowest BCUT2D eigenvalue weighted by Crippen LogP contribution is -2.37. The van der Waals surface area contributed by atoms with E-state index >= 15 is 0 Å². The number of imidazole rings is 1. The van der Waals surface area contributed by atoms with E-state index in [-0.39, 0.29) is 41.5 Å². The van der Waals surface area contributed by atoms with Crippen molar-refractivity contribution < 1.29 is 23.0 Å². The quantitative estimate of drug-likeness (QED) is 0.515. The molecule has 0 fully saturated rings. The van der Waals surface area contributed by atoms with Crippen molar-refractivity contribution in [2.45, 2.75) is 26.0 Å². The summed E-state index contributed by atoms with van der Waals surface area (Å²) in [5.74, 6) is -0.123. The largest absolute Gasteiger partial charge is 0.493 e. The van der Waals surface area contributed by atoms with Crippen molar-refractivity contribution in [2.75, 3.05) is 13.7 Å². The highest BCUT2D eigenvalue weighted by Gasteiger charge is 2.15. The maximum absolute atomic E-state index is 12.4. The minimum atomic E-state index is -2.95. The molecule has 2 aromatic heterocycles. The Morgan fingerprint density at radius 2 is 1.94 bits per heavy atom. The van der Waals surface area contributed by atoms with Crippen LogP contribution in [0.2, 0.25) is 0 Å². The van der Waals surface area contributed by atoms with Gasteiger partial charge in [0.1, 0.15) is 0 Å². The molecule has 0 spiro atoms. The highest BCUT2D eigenvalue weighted by Crippen LogP contribution is 2.29. The van der Waals surface area contributed by atoms with Crippen LogP contribution in [0.15, 0.2) is 34.1 Å². The Kier molecular flexibility index (Phi) is 6.91. The van der Waals surface area contributed by atoms with Crippen LogP contribution in [-0.2, 0) is 31.9 Å². The lowest BCUT2D eigenvalue weighted by molar-refractivity contribution is -0.121. The zero-order valence-corrected chi connectivity index (χ0v) is 17.8. The topological polar surface area (TPSA) is 109 Å². The fraction of sp³-hybridized carbons (Fsp3) is 0.400. The van der Waals surface area contributed by atoms with Gasteiger partial charge in [0.15, 0.2) is 22.7 Å². The maximum atomic E-state index is 12.4. The number of ether oxygens (including phenoxy) is 2. The van der Waals surface area contributed by atoms with Crippen LogP contribution in [0.4, 0.5) is 8.78 Å². The summed E-state index contributed by atoms with van der Waals surface area (Å²) in [4.78, 5) is 40.7. The molecule has 1 amide bonds. The normalized spacial score (nSPS) is 11.2. The van der Waals surface area contributed by atoms with E-state index in [1.54, 1.807) is 16.7 Å². The van der Waals surface area contributed by atoms with Crippen LogP contribution in [0.25, 0.3) is 11.2 Å². The van der Waals surface area contributed by atoms with E-state index in [1.807, 2.05) is 0 Å². The van der Waals surface area contributed by atoms with Gasteiger partial charge in [-0.2, -0.15) is 8.78 Å². The van der Waals surface area contributed by atoms with Crippen LogP contribution < -0.4 is 26.0 Å². The van der Waals surface area contributed by atoms with Crippen LogP contribution in [0.3, 0.4) is 0 Å². The van der Waals surface area contributed by atoms with E-state index in [2.05, 4.69) is 15.0 Å². The van der Waals surface area contributed by atoms with Crippen molar-refractivity contribution in [1.29, 1.82) is 0 Å². The first kappa shape index (κ1) is 23.0. The number of nitrogens with one attached hydrogen (secondary N) is 1. The number of aryl methyl sites for hydroxylation is 2. The van der Waals surface area contributed by atoms with Crippen molar-refractivity contribution in [3.63, 3.8) is 0 Å². The maximum Gasteiger partial charge on any atom is 0.387 e. The summed E-state index contributed by atoms with van der Waals surface area (Å²) in [6.07, 6.45) is 1.98. The molecule has 0 unspecified atom stereocenters. The van der Waals surface area contributed by atoms with E-state index in [1.165, 1.54) is 38.2 Å². The Labute approximate surface area is 181 Å². The van der Waals surface area contributed by atoms with Gasteiger partial charge in [0, 0.05) is 33.6 Å². The van der Waals surface area contributed by atoms with Crippen molar-refractivity contribution in [2.24, 2.45) is 14.1 Å². The first-order chi connectivity index (χ1) is 15.2. The number of hydrogen-bond donors (Lipinski definition) is 1. The monoisotopic (exact) mass is 451 g/mol. The van der Waals surface area contributed by atoms with Gasteiger partial charge in [-0.25, -0.2) is 9.78 Å². The second kappa shape index (κ2) is 9.62. The Balaban J connectivity index is 1.58. The fourth-order valence-corrected chi connectivity index (χ4v) is 3.28. The van der Waals surface area contributed by atoms with Crippen molar-refractivity contribution >= 4 is 17.1 Å². The molecule has 0 aliphatic rings. The molecular weight excluding hydrogens is 428 g/mol. The van der Waals surface area contributed by atoms with Crippen LogP contribution >= 0.6 is 0 Å². The molecule has 2 heterocycles. The number of alkyl halides is 2. The van der Waals surface area contributed by atoms with Crippen molar-refractivity contribution in [1.82, 2.24) is 24.0 Å². The molecule has 172 valence electrons. The Hall–Kier alpha value is -3.70. The number of benzene rings is 1. The number of nitrogens with zero attached hydrogens (tertiary/aromatic N) is 4. The van der Waals surface area contributed by atoms with E-state index < -0.39 is 17.9 Å². The van der Waals surface area contributed by atoms with E-state index in [0.29, 0.717) is 13.0 Å². The average Bonchev–Trinajstić information content (AvgIpc) is 3.19. The van der Waals surface area contributed by atoms with Crippen LogP contribution in [-0.4, -0.2) is 44.9 Å². The van der Waals surface area contributed by atoms with Gasteiger partial charge < -0.3 is 19.4 Å². The Morgan fingerprint density at radius 1 is 1.19 bits per heavy atom. The fourth-order valence-electron chi connectivity index (χ4n) is 3.28. The molecule has 12 heteroatoms. The van der Waals surface area contributed by atoms with Gasteiger partial charge in [0.25, 0.3) is 5.56 Å². The van der Waals surface area contributed by atoms with Gasteiger partial charge in [0.2, 0.25) is 5.91 Å². The van der Waals surface area contributed by atoms with E-state index in [0.717, 1.165) is 10.1 Å². The molecule has 0 aliphatic heterocycles. The van der Waals surface area contributed by atoms with Crippen molar-refractivity contribution in [3.8, 4) is 11.5 Å². The van der Waals surface area contributed by atoms with Gasteiger partial charge >= 0.3 is 12.3 Å². The third kappa shape index (κ3) is 4.79. The number of carbonyl (C=O) groups is 1. The van der Waals surface area contributed by atoms with Crippen LogP contribution in [0.1, 0.15) is 12.0 Å². The number of aromatic nitrogens is 4. The molecule has 1 aromatic carbocycles. The zero-order valence-electron chi connectivity index (χ0n) is 17.8. The molecular formula is C20H23F2N5O5.